The number of hydrogen-bond donors (Lipinski definition) is 2. The van der Waals surface area contributed by atoms with Gasteiger partial charge in [-0.1, -0.05) is 30.3 Å². The van der Waals surface area contributed by atoms with Crippen LogP contribution in [0.25, 0.3) is 5.57 Å². The smallest absolute Gasteiger partial charge is 0.228 e. The summed E-state index contributed by atoms with van der Waals surface area (Å²) in [6.07, 6.45) is 4.42. The molecule has 100 valence electrons. The molecule has 0 spiro atoms. The van der Waals surface area contributed by atoms with Crippen LogP contribution in [0.3, 0.4) is 0 Å². The zero-order chi connectivity index (χ0) is 13.2. The van der Waals surface area contributed by atoms with Crippen molar-refractivity contribution >= 4 is 11.5 Å². The number of carbonyl (C=O) groups is 1. The Bertz CT molecular complexity index is 521. The van der Waals surface area contributed by atoms with E-state index in [1.165, 1.54) is 16.7 Å². The fourth-order valence-electron chi connectivity index (χ4n) is 3.10. The van der Waals surface area contributed by atoms with E-state index >= 15 is 0 Å². The second-order valence-electron chi connectivity index (χ2n) is 5.28. The number of amides is 1. The Balaban J connectivity index is 1.93. The summed E-state index contributed by atoms with van der Waals surface area (Å²) in [4.78, 5) is 12.0. The molecule has 1 aromatic rings. The van der Waals surface area contributed by atoms with Crippen molar-refractivity contribution in [3.63, 3.8) is 0 Å². The minimum Gasteiger partial charge on any atom is -0.356 e. The minimum absolute atomic E-state index is 0.0441. The number of hydrogen-bond acceptors (Lipinski definition) is 2. The number of aryl methyl sites for hydroxylation is 1. The largest absolute Gasteiger partial charge is 0.356 e. The van der Waals surface area contributed by atoms with Gasteiger partial charge in [0.2, 0.25) is 5.91 Å². The Kier molecular flexibility index (Phi) is 3.38. The third kappa shape index (κ3) is 2.30. The maximum Gasteiger partial charge on any atom is 0.228 e. The number of benzene rings is 1. The van der Waals surface area contributed by atoms with Gasteiger partial charge in [0.05, 0.1) is 5.92 Å². The van der Waals surface area contributed by atoms with Crippen molar-refractivity contribution in [1.82, 2.24) is 10.6 Å². The summed E-state index contributed by atoms with van der Waals surface area (Å²) < 4.78 is 0. The molecule has 1 aliphatic heterocycles. The van der Waals surface area contributed by atoms with Crippen LogP contribution in [0.1, 0.15) is 24.5 Å². The molecule has 0 aromatic heterocycles. The first kappa shape index (κ1) is 12.4. The van der Waals surface area contributed by atoms with Gasteiger partial charge in [0, 0.05) is 19.1 Å². The molecular weight excluding hydrogens is 236 g/mol. The van der Waals surface area contributed by atoms with E-state index in [4.69, 9.17) is 0 Å². The molecule has 3 nitrogen and oxygen atoms in total. The zero-order valence-electron chi connectivity index (χ0n) is 11.3. The van der Waals surface area contributed by atoms with Crippen LogP contribution in [0.5, 0.6) is 0 Å². The van der Waals surface area contributed by atoms with E-state index in [2.05, 4.69) is 41.0 Å². The lowest BCUT2D eigenvalue weighted by Gasteiger charge is -2.34. The summed E-state index contributed by atoms with van der Waals surface area (Å²) in [6.45, 7) is 3.40. The molecule has 1 amide bonds. The molecule has 0 saturated carbocycles. The Morgan fingerprint density at radius 3 is 3.11 bits per heavy atom. The summed E-state index contributed by atoms with van der Waals surface area (Å²) in [5.74, 6) is 0.0846. The number of fused-ring (bicyclic) bond motifs is 3. The van der Waals surface area contributed by atoms with Crippen LogP contribution in [-0.2, 0) is 11.2 Å². The van der Waals surface area contributed by atoms with Crippen LogP contribution in [0.2, 0.25) is 0 Å². The van der Waals surface area contributed by atoms with E-state index in [9.17, 15) is 4.79 Å². The topological polar surface area (TPSA) is 41.1 Å². The highest BCUT2D eigenvalue weighted by Crippen LogP contribution is 2.33. The van der Waals surface area contributed by atoms with Gasteiger partial charge in [0.15, 0.2) is 0 Å². The highest BCUT2D eigenvalue weighted by molar-refractivity contribution is 5.85. The van der Waals surface area contributed by atoms with Gasteiger partial charge < -0.3 is 10.6 Å². The third-order valence-electron chi connectivity index (χ3n) is 4.06. The summed E-state index contributed by atoms with van der Waals surface area (Å²) >= 11 is 0. The molecule has 0 fully saturated rings. The van der Waals surface area contributed by atoms with E-state index in [-0.39, 0.29) is 11.8 Å². The monoisotopic (exact) mass is 256 g/mol. The fraction of sp³-hybridized carbons (Fsp3) is 0.438. The number of rotatable bonds is 2. The van der Waals surface area contributed by atoms with Gasteiger partial charge in [0.1, 0.15) is 0 Å². The lowest BCUT2D eigenvalue weighted by atomic mass is 9.80. The fourth-order valence-corrected chi connectivity index (χ4v) is 3.10. The molecule has 1 aliphatic carbocycles. The molecule has 3 heteroatoms. The average molecular weight is 256 g/mol. The molecule has 3 rings (SSSR count). The van der Waals surface area contributed by atoms with Crippen LogP contribution in [0.15, 0.2) is 30.3 Å². The van der Waals surface area contributed by atoms with Crippen LogP contribution in [0.4, 0.5) is 0 Å². The highest BCUT2D eigenvalue weighted by Gasteiger charge is 2.30. The molecule has 2 aliphatic rings. The Morgan fingerprint density at radius 1 is 1.42 bits per heavy atom. The van der Waals surface area contributed by atoms with Crippen LogP contribution in [-0.4, -0.2) is 25.0 Å². The first-order valence-corrected chi connectivity index (χ1v) is 7.10. The standard InChI is InChI=1S/C16H20N2O/c1-2-17-16(19)12-9-14-13-6-4-3-5-11(13)7-8-15(14)18-10-12/h3-6,9,12,15,18H,2,7-8,10H2,1H3,(H,17,19). The van der Waals surface area contributed by atoms with Gasteiger partial charge in [-0.25, -0.2) is 0 Å². The van der Waals surface area contributed by atoms with Crippen molar-refractivity contribution in [3.8, 4) is 0 Å². The van der Waals surface area contributed by atoms with E-state index in [0.717, 1.165) is 19.4 Å². The maximum atomic E-state index is 12.0. The molecule has 19 heavy (non-hydrogen) atoms. The summed E-state index contributed by atoms with van der Waals surface area (Å²) in [7, 11) is 0. The second kappa shape index (κ2) is 5.17. The van der Waals surface area contributed by atoms with Crippen molar-refractivity contribution < 1.29 is 4.79 Å². The van der Waals surface area contributed by atoms with Gasteiger partial charge in [-0.3, -0.25) is 4.79 Å². The van der Waals surface area contributed by atoms with Gasteiger partial charge in [-0.2, -0.15) is 0 Å². The Hall–Kier alpha value is -1.61. The second-order valence-corrected chi connectivity index (χ2v) is 5.28. The minimum atomic E-state index is -0.0441. The normalized spacial score (nSPS) is 25.0. The molecule has 2 N–H and O–H groups in total. The molecule has 1 aromatic carbocycles. The molecule has 0 radical (unpaired) electrons. The molecule has 1 heterocycles. The highest BCUT2D eigenvalue weighted by atomic mass is 16.1. The first-order valence-electron chi connectivity index (χ1n) is 7.10. The summed E-state index contributed by atoms with van der Waals surface area (Å²) in [6, 6.07) is 8.97. The molecule has 0 saturated heterocycles. The van der Waals surface area contributed by atoms with Gasteiger partial charge in [-0.15, -0.1) is 0 Å². The van der Waals surface area contributed by atoms with E-state index in [0.29, 0.717) is 12.6 Å². The lowest BCUT2D eigenvalue weighted by molar-refractivity contribution is -0.123. The predicted octanol–water partition coefficient (Wildman–Crippen LogP) is 1.74. The predicted molar refractivity (Wildman–Crippen MR) is 76.7 cm³/mol. The third-order valence-corrected chi connectivity index (χ3v) is 4.06. The molecule has 2 atom stereocenters. The van der Waals surface area contributed by atoms with E-state index < -0.39 is 0 Å². The number of carbonyl (C=O) groups excluding carboxylic acids is 1. The van der Waals surface area contributed by atoms with Gasteiger partial charge in [0.25, 0.3) is 0 Å². The van der Waals surface area contributed by atoms with E-state index in [1.54, 1.807) is 0 Å². The van der Waals surface area contributed by atoms with Crippen LogP contribution < -0.4 is 10.6 Å². The van der Waals surface area contributed by atoms with Crippen LogP contribution >= 0.6 is 0 Å². The number of nitrogens with one attached hydrogen (secondary N) is 2. The summed E-state index contributed by atoms with van der Waals surface area (Å²) in [5.41, 5.74) is 4.04. The SMILES string of the molecule is CCNC(=O)C1C=C2c3ccccc3CCC2NC1. The maximum absolute atomic E-state index is 12.0. The summed E-state index contributed by atoms with van der Waals surface area (Å²) in [5, 5.41) is 6.43. The Labute approximate surface area is 114 Å². The van der Waals surface area contributed by atoms with Crippen molar-refractivity contribution in [2.24, 2.45) is 5.92 Å². The van der Waals surface area contributed by atoms with Gasteiger partial charge in [-0.05, 0) is 36.5 Å². The van der Waals surface area contributed by atoms with Crippen LogP contribution in [0, 0.1) is 5.92 Å². The average Bonchev–Trinajstić information content (AvgIpc) is 2.47. The van der Waals surface area contributed by atoms with Gasteiger partial charge >= 0.3 is 0 Å². The molecular formula is C16H20N2O. The quantitative estimate of drug-likeness (QED) is 0.846. The van der Waals surface area contributed by atoms with Crippen molar-refractivity contribution in [1.29, 1.82) is 0 Å². The first-order chi connectivity index (χ1) is 9.29. The lowest BCUT2D eigenvalue weighted by Crippen LogP contribution is -2.45. The van der Waals surface area contributed by atoms with Crippen molar-refractivity contribution in [2.75, 3.05) is 13.1 Å². The zero-order valence-corrected chi connectivity index (χ0v) is 11.3. The van der Waals surface area contributed by atoms with Crippen molar-refractivity contribution in [2.45, 2.75) is 25.8 Å². The molecule has 2 unspecified atom stereocenters. The van der Waals surface area contributed by atoms with Crippen molar-refractivity contribution in [3.05, 3.63) is 41.5 Å². The molecule has 0 bridgehead atoms. The van der Waals surface area contributed by atoms with E-state index in [1.807, 2.05) is 6.92 Å². The Morgan fingerprint density at radius 2 is 2.26 bits per heavy atom.